The molecule has 4 nitrogen and oxygen atoms in total. The van der Waals surface area contributed by atoms with Gasteiger partial charge in [-0.25, -0.2) is 0 Å². The summed E-state index contributed by atoms with van der Waals surface area (Å²) in [5, 5.41) is 10.1. The largest absolute Gasteiger partial charge is 0.455 e. The van der Waals surface area contributed by atoms with Gasteiger partial charge in [0.1, 0.15) is 22.3 Å². The molecule has 5 heteroatoms. The maximum Gasteiger partial charge on any atom is 0.147 e. The molecule has 0 saturated carbocycles. The summed E-state index contributed by atoms with van der Waals surface area (Å²) in [6.45, 7) is 22.6. The fourth-order valence-electron chi connectivity index (χ4n) is 9.90. The predicted molar refractivity (Wildman–Crippen MR) is 282 cm³/mol. The minimum absolute atomic E-state index is 0.821. The first kappa shape index (κ1) is 40.7. The summed E-state index contributed by atoms with van der Waals surface area (Å²) in [5.74, 6) is 0. The molecule has 11 aromatic rings. The first-order valence-electron chi connectivity index (χ1n) is 22.8. The van der Waals surface area contributed by atoms with Crippen molar-refractivity contribution >= 4 is 113 Å². The molecule has 0 saturated heterocycles. The second-order valence-corrected chi connectivity index (χ2v) is 24.5. The molecule has 0 aliphatic carbocycles. The number of rotatable bonds is 7. The van der Waals surface area contributed by atoms with Crippen molar-refractivity contribution in [3.63, 3.8) is 0 Å². The van der Waals surface area contributed by atoms with Crippen LogP contribution in [0.25, 0.3) is 65.4 Å². The van der Waals surface area contributed by atoms with Crippen molar-refractivity contribution < 1.29 is 8.83 Å². The van der Waals surface area contributed by atoms with E-state index in [1.807, 2.05) is 0 Å². The summed E-state index contributed by atoms with van der Waals surface area (Å²) in [5.41, 5.74) is 19.3. The highest BCUT2D eigenvalue weighted by atomic mass is 28.3. The molecule has 0 unspecified atom stereocenters. The Labute approximate surface area is 382 Å². The van der Waals surface area contributed by atoms with E-state index >= 15 is 0 Å². The Balaban J connectivity index is 1.03. The molecule has 11 rings (SSSR count). The van der Waals surface area contributed by atoms with E-state index in [0.29, 0.717) is 0 Å². The van der Waals surface area contributed by atoms with Gasteiger partial charge in [-0.3, -0.25) is 0 Å². The van der Waals surface area contributed by atoms with Gasteiger partial charge in [0.2, 0.25) is 0 Å². The van der Waals surface area contributed by atoms with Crippen LogP contribution in [0.2, 0.25) is 19.6 Å². The van der Waals surface area contributed by atoms with Gasteiger partial charge in [-0.2, -0.15) is 0 Å². The Kier molecular flexibility index (Phi) is 9.39. The molecule has 0 bridgehead atoms. The normalized spacial score (nSPS) is 12.2. The fraction of sp³-hybridized carbons (Fsp3) is 0.167. The lowest BCUT2D eigenvalue weighted by Crippen LogP contribution is -2.37. The highest BCUT2D eigenvalue weighted by Gasteiger charge is 2.23. The van der Waals surface area contributed by atoms with Crippen molar-refractivity contribution in [1.82, 2.24) is 0 Å². The number of aryl methyl sites for hydroxylation is 5. The Morgan fingerprint density at radius 1 is 0.354 bits per heavy atom. The maximum absolute atomic E-state index is 7.01. The molecule has 2 heterocycles. The molecule has 320 valence electrons. The number of benzene rings is 9. The van der Waals surface area contributed by atoms with Crippen molar-refractivity contribution in [2.24, 2.45) is 0 Å². The van der Waals surface area contributed by atoms with Gasteiger partial charge in [0.15, 0.2) is 0 Å². The SMILES string of the molecule is Cc1ccc(N(c2cc(C)c(C)c(C)c2)c2ccc3c(ccc4c5ccc6oc7c8ccc(N(c9ccc([Si](C)(C)C)cc9)c9cc(C)c(C)c(C)c9)cc8ccc7c6c5oc34)c2)cc1. The summed E-state index contributed by atoms with van der Waals surface area (Å²) < 4.78 is 13.8. The fourth-order valence-corrected chi connectivity index (χ4v) is 11.1. The third-order valence-electron chi connectivity index (χ3n) is 14.1. The summed E-state index contributed by atoms with van der Waals surface area (Å²) in [7, 11) is -1.46. The Hall–Kier alpha value is -7.08. The Morgan fingerprint density at radius 3 is 1.28 bits per heavy atom. The second-order valence-electron chi connectivity index (χ2n) is 19.4. The summed E-state index contributed by atoms with van der Waals surface area (Å²) in [6, 6.07) is 54.0. The third kappa shape index (κ3) is 6.71. The van der Waals surface area contributed by atoms with E-state index in [1.165, 1.54) is 44.1 Å². The molecule has 2 aromatic heterocycles. The van der Waals surface area contributed by atoms with Crippen LogP contribution >= 0.6 is 0 Å². The van der Waals surface area contributed by atoms with Crippen LogP contribution in [-0.4, -0.2) is 8.07 Å². The highest BCUT2D eigenvalue weighted by Crippen LogP contribution is 2.45. The lowest BCUT2D eigenvalue weighted by atomic mass is 10.0. The van der Waals surface area contributed by atoms with Crippen LogP contribution in [0.3, 0.4) is 0 Å². The Bertz CT molecular complexity index is 3670. The number of anilines is 6. The van der Waals surface area contributed by atoms with Gasteiger partial charge >= 0.3 is 0 Å². The predicted octanol–water partition coefficient (Wildman–Crippen LogP) is 17.4. The topological polar surface area (TPSA) is 32.8 Å². The van der Waals surface area contributed by atoms with Gasteiger partial charge in [0, 0.05) is 61.1 Å². The van der Waals surface area contributed by atoms with Crippen LogP contribution in [0, 0.1) is 48.5 Å². The molecule has 0 aliphatic rings. The molecule has 0 N–H and O–H groups in total. The van der Waals surface area contributed by atoms with Gasteiger partial charge in [-0.15, -0.1) is 0 Å². The second kappa shape index (κ2) is 15.0. The van der Waals surface area contributed by atoms with E-state index in [9.17, 15) is 0 Å². The molecule has 0 fully saturated rings. The zero-order valence-corrected chi connectivity index (χ0v) is 40.1. The molecule has 0 amide bonds. The van der Waals surface area contributed by atoms with Gasteiger partial charge in [-0.05, 0) is 202 Å². The lowest BCUT2D eigenvalue weighted by molar-refractivity contribution is 0.666. The number of hydrogen-bond acceptors (Lipinski definition) is 4. The molecule has 0 aliphatic heterocycles. The minimum atomic E-state index is -1.46. The average Bonchev–Trinajstić information content (AvgIpc) is 3.87. The number of nitrogens with zero attached hydrogens (tertiary/aromatic N) is 2. The number of hydrogen-bond donors (Lipinski definition) is 0. The van der Waals surface area contributed by atoms with Gasteiger partial charge in [0.05, 0.1) is 13.5 Å². The first-order chi connectivity index (χ1) is 31.2. The third-order valence-corrected chi connectivity index (χ3v) is 16.2. The molecule has 9 aromatic carbocycles. The zero-order valence-electron chi connectivity index (χ0n) is 39.1. The first-order valence-corrected chi connectivity index (χ1v) is 26.3. The molecule has 0 radical (unpaired) electrons. The van der Waals surface area contributed by atoms with Crippen LogP contribution in [-0.2, 0) is 0 Å². The van der Waals surface area contributed by atoms with Crippen LogP contribution in [0.5, 0.6) is 0 Å². The van der Waals surface area contributed by atoms with Crippen molar-refractivity contribution in [2.45, 2.75) is 68.1 Å². The highest BCUT2D eigenvalue weighted by molar-refractivity contribution is 6.88. The maximum atomic E-state index is 7.01. The smallest absolute Gasteiger partial charge is 0.147 e. The summed E-state index contributed by atoms with van der Waals surface area (Å²) in [6.07, 6.45) is 0. The quantitative estimate of drug-likeness (QED) is 0.149. The van der Waals surface area contributed by atoms with E-state index in [4.69, 9.17) is 8.83 Å². The van der Waals surface area contributed by atoms with Crippen molar-refractivity contribution in [2.75, 3.05) is 9.80 Å². The monoisotopic (exact) mass is 862 g/mol. The Morgan fingerprint density at radius 2 is 0.769 bits per heavy atom. The van der Waals surface area contributed by atoms with E-state index in [-0.39, 0.29) is 0 Å². The average molecular weight is 863 g/mol. The number of fused-ring (bicyclic) bond motifs is 11. The molecular formula is C60H54N2O2Si. The van der Waals surface area contributed by atoms with Crippen molar-refractivity contribution in [3.05, 3.63) is 185 Å². The van der Waals surface area contributed by atoms with Gasteiger partial charge in [0.25, 0.3) is 0 Å². The summed E-state index contributed by atoms with van der Waals surface area (Å²) >= 11 is 0. The van der Waals surface area contributed by atoms with Crippen LogP contribution in [0.1, 0.15) is 38.9 Å². The van der Waals surface area contributed by atoms with Crippen LogP contribution in [0.15, 0.2) is 154 Å². The van der Waals surface area contributed by atoms with Crippen molar-refractivity contribution in [1.29, 1.82) is 0 Å². The van der Waals surface area contributed by atoms with Gasteiger partial charge < -0.3 is 18.6 Å². The number of furan rings is 2. The zero-order chi connectivity index (χ0) is 45.1. The molecule has 0 atom stereocenters. The van der Waals surface area contributed by atoms with E-state index < -0.39 is 8.07 Å². The lowest BCUT2D eigenvalue weighted by Gasteiger charge is -2.28. The van der Waals surface area contributed by atoms with E-state index in [1.54, 1.807) is 0 Å². The van der Waals surface area contributed by atoms with E-state index in [0.717, 1.165) is 99.5 Å². The molecular weight excluding hydrogens is 809 g/mol. The van der Waals surface area contributed by atoms with Crippen molar-refractivity contribution in [3.8, 4) is 0 Å². The van der Waals surface area contributed by atoms with E-state index in [2.05, 4.69) is 223 Å². The molecule has 0 spiro atoms. The van der Waals surface area contributed by atoms with Gasteiger partial charge in [-0.1, -0.05) is 66.8 Å². The minimum Gasteiger partial charge on any atom is -0.455 e. The van der Waals surface area contributed by atoms with Crippen LogP contribution < -0.4 is 15.0 Å². The standard InChI is InChI=1S/C60H54N2O2Si/c1-35-11-15-44(16-12-35)61(48-29-36(2)40(6)37(3)30-48)46-19-25-51-42(33-46)13-23-53-54-27-28-56-57(60(54)64-58(51)53)55-24-14-43-34-47(20-26-52(43)59(55)63-56)62(49-31-38(4)41(7)39(5)32-49)45-17-21-50(22-18-45)65(8,9)10/h11-34H,1-10H3. The molecule has 65 heavy (non-hydrogen) atoms. The van der Waals surface area contributed by atoms with Crippen LogP contribution in [0.4, 0.5) is 34.1 Å². The summed E-state index contributed by atoms with van der Waals surface area (Å²) in [4.78, 5) is 4.76.